The molecule has 0 heterocycles. The Hall–Kier alpha value is -0.130. The number of hydrogen-bond acceptors (Lipinski definition) is 3. The van der Waals surface area contributed by atoms with Gasteiger partial charge in [0.25, 0.3) is 10.1 Å². The van der Waals surface area contributed by atoms with Crippen LogP contribution in [0.1, 0.15) is 32.6 Å². The molecule has 1 fully saturated rings. The molecule has 1 rings (SSSR count). The van der Waals surface area contributed by atoms with Crippen molar-refractivity contribution in [2.75, 3.05) is 0 Å². The molecule has 13 heavy (non-hydrogen) atoms. The maximum Gasteiger partial charge on any atom is 0.292 e. The Kier molecular flexibility index (Phi) is 3.32. The third kappa shape index (κ3) is 2.93. The summed E-state index contributed by atoms with van der Waals surface area (Å²) in [6, 6.07) is 0. The van der Waals surface area contributed by atoms with Crippen LogP contribution in [-0.2, 0) is 10.1 Å². The molecule has 1 unspecified atom stereocenters. The molecule has 1 saturated carbocycles. The average Bonchev–Trinajstić information content (AvgIpc) is 2.03. The number of aliphatic hydroxyl groups is 1. The minimum Gasteiger partial charge on any atom is -0.375 e. The van der Waals surface area contributed by atoms with Crippen LogP contribution in [0, 0.1) is 11.8 Å². The minimum atomic E-state index is -4.26. The zero-order chi connectivity index (χ0) is 10.1. The zero-order valence-corrected chi connectivity index (χ0v) is 8.50. The summed E-state index contributed by atoms with van der Waals surface area (Å²) in [5, 5.41) is 9.26. The van der Waals surface area contributed by atoms with Crippen LogP contribution in [-0.4, -0.2) is 23.5 Å². The van der Waals surface area contributed by atoms with Crippen LogP contribution in [0.15, 0.2) is 0 Å². The van der Waals surface area contributed by atoms with Gasteiger partial charge in [-0.05, 0) is 18.8 Å². The molecule has 0 spiro atoms. The molecule has 1 aliphatic carbocycles. The van der Waals surface area contributed by atoms with Gasteiger partial charge in [0.05, 0.1) is 0 Å². The van der Waals surface area contributed by atoms with Crippen molar-refractivity contribution >= 4 is 10.1 Å². The van der Waals surface area contributed by atoms with Gasteiger partial charge in [0, 0.05) is 5.92 Å². The highest BCUT2D eigenvalue weighted by molar-refractivity contribution is 7.86. The number of hydrogen-bond donors (Lipinski definition) is 2. The first-order valence-corrected chi connectivity index (χ1v) is 6.06. The van der Waals surface area contributed by atoms with Crippen LogP contribution in [0.4, 0.5) is 0 Å². The van der Waals surface area contributed by atoms with Crippen molar-refractivity contribution in [2.24, 2.45) is 11.8 Å². The van der Waals surface area contributed by atoms with E-state index in [1.54, 1.807) is 0 Å². The lowest BCUT2D eigenvalue weighted by molar-refractivity contribution is 0.127. The molecule has 1 atom stereocenters. The van der Waals surface area contributed by atoms with Gasteiger partial charge in [0.2, 0.25) is 0 Å². The highest BCUT2D eigenvalue weighted by Gasteiger charge is 2.32. The Morgan fingerprint density at radius 1 is 1.23 bits per heavy atom. The van der Waals surface area contributed by atoms with Gasteiger partial charge in [-0.15, -0.1) is 0 Å². The van der Waals surface area contributed by atoms with E-state index in [0.29, 0.717) is 18.8 Å². The van der Waals surface area contributed by atoms with Gasteiger partial charge >= 0.3 is 0 Å². The summed E-state index contributed by atoms with van der Waals surface area (Å²) >= 11 is 0. The summed E-state index contributed by atoms with van der Waals surface area (Å²) in [5.41, 5.74) is -1.58. The highest BCUT2D eigenvalue weighted by atomic mass is 32.2. The van der Waals surface area contributed by atoms with Gasteiger partial charge in [-0.25, -0.2) is 0 Å². The fourth-order valence-corrected chi connectivity index (χ4v) is 2.57. The first-order chi connectivity index (χ1) is 5.91. The lowest BCUT2D eigenvalue weighted by Crippen LogP contribution is -2.31. The molecule has 0 radical (unpaired) electrons. The number of rotatable bonds is 2. The summed E-state index contributed by atoms with van der Waals surface area (Å²) < 4.78 is 29.9. The van der Waals surface area contributed by atoms with Crippen LogP contribution in [0.5, 0.6) is 0 Å². The van der Waals surface area contributed by atoms with Crippen LogP contribution in [0.25, 0.3) is 0 Å². The predicted molar refractivity (Wildman–Crippen MR) is 48.7 cm³/mol. The predicted octanol–water partition coefficient (Wildman–Crippen LogP) is 1.02. The van der Waals surface area contributed by atoms with E-state index in [4.69, 9.17) is 4.55 Å². The second kappa shape index (κ2) is 3.94. The molecule has 0 aliphatic heterocycles. The van der Waals surface area contributed by atoms with Gasteiger partial charge in [0.15, 0.2) is 5.44 Å². The quantitative estimate of drug-likeness (QED) is 0.664. The first kappa shape index (κ1) is 10.9. The van der Waals surface area contributed by atoms with Crippen molar-refractivity contribution in [2.45, 2.75) is 38.0 Å². The average molecular weight is 208 g/mol. The number of aliphatic hydroxyl groups excluding tert-OH is 1. The summed E-state index contributed by atoms with van der Waals surface area (Å²) in [6.45, 7) is 2.11. The molecular formula is C8H16O4S. The van der Waals surface area contributed by atoms with E-state index in [0.717, 1.165) is 12.8 Å². The maximum atomic E-state index is 10.6. The standard InChI is InChI=1S/C8H16O4S/c1-6-2-4-7(5-3-6)8(9)13(10,11)12/h6-9H,2-5H2,1H3,(H,10,11,12)/t6-,7-,8?. The van der Waals surface area contributed by atoms with Crippen LogP contribution in [0.2, 0.25) is 0 Å². The molecule has 4 nitrogen and oxygen atoms in total. The van der Waals surface area contributed by atoms with Gasteiger partial charge in [-0.3, -0.25) is 4.55 Å². The summed E-state index contributed by atoms with van der Waals surface area (Å²) in [6.07, 6.45) is 3.22. The second-order valence-corrected chi connectivity index (χ2v) is 5.44. The van der Waals surface area contributed by atoms with E-state index >= 15 is 0 Å². The molecule has 0 bridgehead atoms. The molecular weight excluding hydrogens is 192 g/mol. The van der Waals surface area contributed by atoms with Crippen molar-refractivity contribution < 1.29 is 18.1 Å². The SMILES string of the molecule is C[C@H]1CC[C@H](C(O)S(=O)(=O)O)CC1. The van der Waals surface area contributed by atoms with E-state index in [1.807, 2.05) is 0 Å². The van der Waals surface area contributed by atoms with E-state index in [-0.39, 0.29) is 5.92 Å². The van der Waals surface area contributed by atoms with Crippen molar-refractivity contribution in [1.29, 1.82) is 0 Å². The Balaban J connectivity index is 2.55. The molecule has 78 valence electrons. The first-order valence-electron chi connectivity index (χ1n) is 4.55. The van der Waals surface area contributed by atoms with Gasteiger partial charge in [-0.1, -0.05) is 19.8 Å². The Bertz CT molecular complexity index is 251. The lowest BCUT2D eigenvalue weighted by atomic mass is 9.83. The fourth-order valence-electron chi connectivity index (χ4n) is 1.81. The second-order valence-electron chi connectivity index (χ2n) is 3.93. The maximum absolute atomic E-state index is 10.6. The molecule has 1 aliphatic rings. The van der Waals surface area contributed by atoms with Crippen LogP contribution < -0.4 is 0 Å². The highest BCUT2D eigenvalue weighted by Crippen LogP contribution is 2.31. The smallest absolute Gasteiger partial charge is 0.292 e. The van der Waals surface area contributed by atoms with Crippen molar-refractivity contribution in [1.82, 2.24) is 0 Å². The van der Waals surface area contributed by atoms with Crippen LogP contribution >= 0.6 is 0 Å². The van der Waals surface area contributed by atoms with Crippen LogP contribution in [0.3, 0.4) is 0 Å². The summed E-state index contributed by atoms with van der Waals surface area (Å²) in [4.78, 5) is 0. The molecule has 0 saturated heterocycles. The van der Waals surface area contributed by atoms with E-state index < -0.39 is 15.6 Å². The van der Waals surface area contributed by atoms with Crippen molar-refractivity contribution in [3.05, 3.63) is 0 Å². The molecule has 5 heteroatoms. The summed E-state index contributed by atoms with van der Waals surface area (Å²) in [7, 11) is -4.26. The molecule has 0 amide bonds. The Labute approximate surface area is 78.7 Å². The van der Waals surface area contributed by atoms with Gasteiger partial charge in [-0.2, -0.15) is 8.42 Å². The third-order valence-corrected chi connectivity index (χ3v) is 3.76. The van der Waals surface area contributed by atoms with Crippen molar-refractivity contribution in [3.63, 3.8) is 0 Å². The zero-order valence-electron chi connectivity index (χ0n) is 7.68. The van der Waals surface area contributed by atoms with Gasteiger partial charge < -0.3 is 5.11 Å². The molecule has 0 aromatic carbocycles. The van der Waals surface area contributed by atoms with Gasteiger partial charge in [0.1, 0.15) is 0 Å². The van der Waals surface area contributed by atoms with E-state index in [2.05, 4.69) is 6.92 Å². The Morgan fingerprint density at radius 3 is 2.08 bits per heavy atom. The molecule has 2 N–H and O–H groups in total. The Morgan fingerprint density at radius 2 is 1.69 bits per heavy atom. The van der Waals surface area contributed by atoms with Crippen molar-refractivity contribution in [3.8, 4) is 0 Å². The fraction of sp³-hybridized carbons (Fsp3) is 1.00. The normalized spacial score (nSPS) is 32.8. The summed E-state index contributed by atoms with van der Waals surface area (Å²) in [5.74, 6) is 0.316. The van der Waals surface area contributed by atoms with E-state index in [9.17, 15) is 13.5 Å². The lowest BCUT2D eigenvalue weighted by Gasteiger charge is -2.28. The van der Waals surface area contributed by atoms with E-state index in [1.165, 1.54) is 0 Å². The third-order valence-electron chi connectivity index (χ3n) is 2.77. The topological polar surface area (TPSA) is 74.6 Å². The minimum absolute atomic E-state index is 0.286. The molecule has 0 aromatic rings. The molecule has 0 aromatic heterocycles. The monoisotopic (exact) mass is 208 g/mol. The largest absolute Gasteiger partial charge is 0.375 e.